The number of hydrogen-bond acceptors (Lipinski definition) is 6. The highest BCUT2D eigenvalue weighted by molar-refractivity contribution is 5.85. The lowest BCUT2D eigenvalue weighted by Crippen LogP contribution is -2.49. The summed E-state index contributed by atoms with van der Waals surface area (Å²) in [7, 11) is 0. The van der Waals surface area contributed by atoms with Crippen LogP contribution in [-0.2, 0) is 6.54 Å². The molecule has 1 aromatic heterocycles. The third-order valence-electron chi connectivity index (χ3n) is 3.82. The van der Waals surface area contributed by atoms with E-state index in [-0.39, 0.29) is 18.2 Å². The Labute approximate surface area is 144 Å². The Bertz CT molecular complexity index is 638. The predicted octanol–water partition coefficient (Wildman–Crippen LogP) is 1.48. The minimum Gasteiger partial charge on any atom is -0.435 e. The second-order valence-corrected chi connectivity index (χ2v) is 5.40. The number of nitrogens with zero attached hydrogens (tertiary/aromatic N) is 5. The smallest absolute Gasteiger partial charge is 0.387 e. The van der Waals surface area contributed by atoms with Crippen LogP contribution in [0.5, 0.6) is 5.75 Å². The molecule has 132 valence electrons. The van der Waals surface area contributed by atoms with Gasteiger partial charge in [0, 0.05) is 25.7 Å². The molecule has 2 aromatic rings. The third-order valence-corrected chi connectivity index (χ3v) is 3.82. The van der Waals surface area contributed by atoms with Crippen molar-refractivity contribution in [2.24, 2.45) is 0 Å². The normalized spacial score (nSPS) is 18.4. The van der Waals surface area contributed by atoms with Crippen molar-refractivity contribution in [3.05, 3.63) is 30.1 Å². The molecule has 0 bridgehead atoms. The Morgan fingerprint density at radius 2 is 2.08 bits per heavy atom. The van der Waals surface area contributed by atoms with Crippen LogP contribution >= 0.6 is 12.4 Å². The summed E-state index contributed by atoms with van der Waals surface area (Å²) in [4.78, 5) is 2.30. The van der Waals surface area contributed by atoms with Gasteiger partial charge in [0.1, 0.15) is 5.75 Å². The minimum atomic E-state index is -2.83. The van der Waals surface area contributed by atoms with Gasteiger partial charge in [-0.15, -0.1) is 17.5 Å². The van der Waals surface area contributed by atoms with E-state index in [1.165, 1.54) is 12.1 Å². The minimum absolute atomic E-state index is 0. The summed E-state index contributed by atoms with van der Waals surface area (Å²) >= 11 is 0. The standard InChI is InChI=1S/C14H18F2N6O.ClH/c1-10-8-17-6-7-21(10)9-13-18-19-20-22(13)11-2-4-12(5-3-11)23-14(15)16;/h2-5,10,14,17H,6-9H2,1H3;1H/t10-;/m1./s1. The van der Waals surface area contributed by atoms with Crippen LogP contribution in [-0.4, -0.2) is 57.4 Å². The van der Waals surface area contributed by atoms with Crippen molar-refractivity contribution in [2.45, 2.75) is 26.1 Å². The van der Waals surface area contributed by atoms with Crippen molar-refractivity contribution < 1.29 is 13.5 Å². The zero-order chi connectivity index (χ0) is 16.2. The maximum atomic E-state index is 12.2. The second-order valence-electron chi connectivity index (χ2n) is 5.40. The van der Waals surface area contributed by atoms with E-state index in [0.29, 0.717) is 24.1 Å². The molecule has 1 aromatic carbocycles. The van der Waals surface area contributed by atoms with Gasteiger partial charge < -0.3 is 10.1 Å². The van der Waals surface area contributed by atoms with E-state index in [1.54, 1.807) is 16.8 Å². The van der Waals surface area contributed by atoms with Crippen LogP contribution < -0.4 is 10.1 Å². The van der Waals surface area contributed by atoms with Crippen LogP contribution in [0.25, 0.3) is 5.69 Å². The molecule has 0 radical (unpaired) electrons. The van der Waals surface area contributed by atoms with Crippen molar-refractivity contribution >= 4 is 12.4 Å². The SMILES string of the molecule is C[C@@H]1CNCCN1Cc1nnnn1-c1ccc(OC(F)F)cc1.Cl. The Hall–Kier alpha value is -1.84. The first kappa shape index (κ1) is 18.5. The molecule has 1 aliphatic heterocycles. The van der Waals surface area contributed by atoms with Gasteiger partial charge >= 0.3 is 6.61 Å². The maximum Gasteiger partial charge on any atom is 0.387 e. The number of piperazine rings is 1. The summed E-state index contributed by atoms with van der Waals surface area (Å²) in [6.45, 7) is 2.74. The van der Waals surface area contributed by atoms with E-state index in [1.807, 2.05) is 0 Å². The number of benzene rings is 1. The highest BCUT2D eigenvalue weighted by atomic mass is 35.5. The van der Waals surface area contributed by atoms with Gasteiger partial charge in [0.25, 0.3) is 0 Å². The van der Waals surface area contributed by atoms with E-state index in [2.05, 4.69) is 37.4 Å². The molecule has 1 fully saturated rings. The summed E-state index contributed by atoms with van der Waals surface area (Å²) in [6.07, 6.45) is 0. The van der Waals surface area contributed by atoms with Crippen molar-refractivity contribution in [1.82, 2.24) is 30.4 Å². The van der Waals surface area contributed by atoms with Crippen LogP contribution in [0.3, 0.4) is 0 Å². The number of ether oxygens (including phenoxy) is 1. The van der Waals surface area contributed by atoms with Gasteiger partial charge in [-0.25, -0.2) is 0 Å². The highest BCUT2D eigenvalue weighted by Crippen LogP contribution is 2.18. The number of rotatable bonds is 5. The van der Waals surface area contributed by atoms with Crippen LogP contribution in [0.1, 0.15) is 12.7 Å². The van der Waals surface area contributed by atoms with Gasteiger partial charge in [0.2, 0.25) is 0 Å². The molecular formula is C14H19ClF2N6O. The highest BCUT2D eigenvalue weighted by Gasteiger charge is 2.21. The first-order valence-corrected chi connectivity index (χ1v) is 7.41. The van der Waals surface area contributed by atoms with Crippen molar-refractivity contribution in [3.63, 3.8) is 0 Å². The van der Waals surface area contributed by atoms with Gasteiger partial charge in [0.15, 0.2) is 5.82 Å². The third kappa shape index (κ3) is 4.37. The van der Waals surface area contributed by atoms with Crippen LogP contribution in [0.2, 0.25) is 0 Å². The molecule has 1 saturated heterocycles. The number of hydrogen-bond donors (Lipinski definition) is 1. The summed E-state index contributed by atoms with van der Waals surface area (Å²) in [5, 5.41) is 15.1. The number of nitrogens with one attached hydrogen (secondary N) is 1. The molecule has 3 rings (SSSR count). The fourth-order valence-electron chi connectivity index (χ4n) is 2.57. The fraction of sp³-hybridized carbons (Fsp3) is 0.500. The lowest BCUT2D eigenvalue weighted by molar-refractivity contribution is -0.0498. The molecule has 1 atom stereocenters. The number of tetrazole rings is 1. The van der Waals surface area contributed by atoms with Crippen LogP contribution in [0.15, 0.2) is 24.3 Å². The van der Waals surface area contributed by atoms with Crippen molar-refractivity contribution in [1.29, 1.82) is 0 Å². The largest absolute Gasteiger partial charge is 0.435 e. The molecule has 0 aliphatic carbocycles. The zero-order valence-electron chi connectivity index (χ0n) is 13.1. The average Bonchev–Trinajstić information content (AvgIpc) is 2.98. The Morgan fingerprint density at radius 1 is 1.33 bits per heavy atom. The fourth-order valence-corrected chi connectivity index (χ4v) is 2.57. The molecule has 0 unspecified atom stereocenters. The molecule has 7 nitrogen and oxygen atoms in total. The molecule has 0 amide bonds. The molecule has 1 N–H and O–H groups in total. The lowest BCUT2D eigenvalue weighted by Gasteiger charge is -2.33. The van der Waals surface area contributed by atoms with Gasteiger partial charge in [-0.3, -0.25) is 4.90 Å². The quantitative estimate of drug-likeness (QED) is 0.871. The molecule has 24 heavy (non-hydrogen) atoms. The number of halogens is 3. The summed E-state index contributed by atoms with van der Waals surface area (Å²) in [6, 6.07) is 6.65. The predicted molar refractivity (Wildman–Crippen MR) is 85.8 cm³/mol. The zero-order valence-corrected chi connectivity index (χ0v) is 13.9. The Kier molecular flexibility index (Phi) is 6.41. The van der Waals surface area contributed by atoms with Crippen molar-refractivity contribution in [3.8, 4) is 11.4 Å². The van der Waals surface area contributed by atoms with E-state index in [0.717, 1.165) is 19.6 Å². The average molecular weight is 361 g/mol. The first-order chi connectivity index (χ1) is 11.1. The van der Waals surface area contributed by atoms with Crippen molar-refractivity contribution in [2.75, 3.05) is 19.6 Å². The maximum absolute atomic E-state index is 12.2. The van der Waals surface area contributed by atoms with Crippen LogP contribution in [0.4, 0.5) is 8.78 Å². The summed E-state index contributed by atoms with van der Waals surface area (Å²) in [5.41, 5.74) is 0.703. The van der Waals surface area contributed by atoms with E-state index >= 15 is 0 Å². The van der Waals surface area contributed by atoms with Crippen LogP contribution in [0, 0.1) is 0 Å². The molecule has 10 heteroatoms. The number of aromatic nitrogens is 4. The molecular weight excluding hydrogens is 342 g/mol. The number of alkyl halides is 2. The second kappa shape index (κ2) is 8.32. The summed E-state index contributed by atoms with van der Waals surface area (Å²) in [5.74, 6) is 0.815. The van der Waals surface area contributed by atoms with E-state index < -0.39 is 6.61 Å². The molecule has 0 saturated carbocycles. The van der Waals surface area contributed by atoms with Gasteiger partial charge in [-0.2, -0.15) is 13.5 Å². The monoisotopic (exact) mass is 360 g/mol. The van der Waals surface area contributed by atoms with E-state index in [9.17, 15) is 8.78 Å². The molecule has 1 aliphatic rings. The molecule has 2 heterocycles. The Morgan fingerprint density at radius 3 is 2.75 bits per heavy atom. The van der Waals surface area contributed by atoms with Gasteiger partial charge in [-0.1, -0.05) is 0 Å². The van der Waals surface area contributed by atoms with E-state index in [4.69, 9.17) is 0 Å². The van der Waals surface area contributed by atoms with Gasteiger partial charge in [0.05, 0.1) is 12.2 Å². The Balaban J connectivity index is 0.00000208. The summed E-state index contributed by atoms with van der Waals surface area (Å²) < 4.78 is 30.3. The first-order valence-electron chi connectivity index (χ1n) is 7.41. The van der Waals surface area contributed by atoms with Gasteiger partial charge in [-0.05, 0) is 41.6 Å². The topological polar surface area (TPSA) is 68.1 Å². The lowest BCUT2D eigenvalue weighted by atomic mass is 10.2. The molecule has 0 spiro atoms.